The monoisotopic (exact) mass is 259 g/mol. The third-order valence-corrected chi connectivity index (χ3v) is 3.14. The van der Waals surface area contributed by atoms with Crippen LogP contribution >= 0.6 is 11.8 Å². The zero-order chi connectivity index (χ0) is 12.5. The fourth-order valence-electron chi connectivity index (χ4n) is 1.22. The summed E-state index contributed by atoms with van der Waals surface area (Å²) in [6.45, 7) is 0. The Morgan fingerprint density at radius 3 is 2.59 bits per heavy atom. The van der Waals surface area contributed by atoms with Crippen LogP contribution in [0.15, 0.2) is 40.9 Å². The Kier molecular flexibility index (Phi) is 3.10. The van der Waals surface area contributed by atoms with E-state index in [4.69, 9.17) is 0 Å². The number of rotatable bonds is 2. The molecule has 0 N–H and O–H groups in total. The van der Waals surface area contributed by atoms with Gasteiger partial charge >= 0.3 is 6.18 Å². The summed E-state index contributed by atoms with van der Waals surface area (Å²) in [6.07, 6.45) is 0.124. The number of pyridine rings is 1. The van der Waals surface area contributed by atoms with E-state index in [1.54, 1.807) is 17.8 Å². The van der Waals surface area contributed by atoms with E-state index in [0.29, 0.717) is 5.16 Å². The predicted molar refractivity (Wildman–Crippen MR) is 56.6 cm³/mol. The van der Waals surface area contributed by atoms with E-state index >= 15 is 0 Å². The van der Waals surface area contributed by atoms with Gasteiger partial charge in [-0.1, -0.05) is 0 Å². The highest BCUT2D eigenvalue weighted by Gasteiger charge is 2.34. The number of hydrogen-bond donors (Lipinski definition) is 0. The topological polar surface area (TPSA) is 30.7 Å². The summed E-state index contributed by atoms with van der Waals surface area (Å²) in [7, 11) is 1.71. The van der Waals surface area contributed by atoms with Crippen LogP contribution in [0.5, 0.6) is 0 Å². The fourth-order valence-corrected chi connectivity index (χ4v) is 2.12. The maximum atomic E-state index is 12.7. The van der Waals surface area contributed by atoms with Crippen LogP contribution in [0.4, 0.5) is 13.2 Å². The Labute approximate surface area is 99.7 Å². The molecule has 0 amide bonds. The van der Waals surface area contributed by atoms with Crippen molar-refractivity contribution in [3.05, 3.63) is 36.3 Å². The molecule has 2 aromatic rings. The van der Waals surface area contributed by atoms with Crippen LogP contribution in [0.2, 0.25) is 0 Å². The van der Waals surface area contributed by atoms with Gasteiger partial charge in [-0.3, -0.25) is 0 Å². The van der Waals surface area contributed by atoms with Gasteiger partial charge in [0.25, 0.3) is 0 Å². The van der Waals surface area contributed by atoms with E-state index in [1.165, 1.54) is 18.5 Å². The number of alkyl halides is 3. The van der Waals surface area contributed by atoms with E-state index in [1.807, 2.05) is 0 Å². The van der Waals surface area contributed by atoms with Gasteiger partial charge in [0.1, 0.15) is 5.03 Å². The summed E-state index contributed by atoms with van der Waals surface area (Å²) in [4.78, 5) is 7.70. The average molecular weight is 259 g/mol. The second-order valence-electron chi connectivity index (χ2n) is 3.28. The highest BCUT2D eigenvalue weighted by atomic mass is 32.2. The van der Waals surface area contributed by atoms with Crippen LogP contribution < -0.4 is 0 Å². The van der Waals surface area contributed by atoms with Crippen LogP contribution in [0, 0.1) is 0 Å². The summed E-state index contributed by atoms with van der Waals surface area (Å²) in [5.41, 5.74) is -0.743. The van der Waals surface area contributed by atoms with Crippen molar-refractivity contribution in [3.8, 4) is 0 Å². The molecule has 3 nitrogen and oxygen atoms in total. The number of halogens is 3. The third-order valence-electron chi connectivity index (χ3n) is 2.04. The van der Waals surface area contributed by atoms with Crippen molar-refractivity contribution in [1.29, 1.82) is 0 Å². The Morgan fingerprint density at radius 1 is 1.24 bits per heavy atom. The second kappa shape index (κ2) is 4.40. The van der Waals surface area contributed by atoms with Gasteiger partial charge in [0.05, 0.1) is 5.56 Å². The number of nitrogens with zero attached hydrogens (tertiary/aromatic N) is 3. The highest BCUT2D eigenvalue weighted by molar-refractivity contribution is 7.99. The molecule has 0 saturated carbocycles. The van der Waals surface area contributed by atoms with Gasteiger partial charge in [-0.25, -0.2) is 9.97 Å². The van der Waals surface area contributed by atoms with Crippen LogP contribution in [0.3, 0.4) is 0 Å². The van der Waals surface area contributed by atoms with Crippen molar-refractivity contribution < 1.29 is 13.2 Å². The molecule has 0 aliphatic rings. The first-order chi connectivity index (χ1) is 7.98. The first-order valence-corrected chi connectivity index (χ1v) is 5.47. The average Bonchev–Trinajstić information content (AvgIpc) is 2.64. The number of aromatic nitrogens is 3. The van der Waals surface area contributed by atoms with E-state index < -0.39 is 11.7 Å². The predicted octanol–water partition coefficient (Wildman–Crippen LogP) is 2.99. The van der Waals surface area contributed by atoms with Gasteiger partial charge < -0.3 is 4.57 Å². The van der Waals surface area contributed by atoms with Crippen LogP contribution in [-0.2, 0) is 13.2 Å². The molecule has 0 aromatic carbocycles. The maximum absolute atomic E-state index is 12.7. The molecule has 2 rings (SSSR count). The SMILES string of the molecule is Cn1ccnc1Sc1ncccc1C(F)(F)F. The van der Waals surface area contributed by atoms with Gasteiger partial charge in [-0.15, -0.1) is 0 Å². The van der Waals surface area contributed by atoms with Gasteiger partial charge in [0, 0.05) is 25.6 Å². The number of hydrogen-bond acceptors (Lipinski definition) is 3. The molecule has 0 unspecified atom stereocenters. The van der Waals surface area contributed by atoms with Gasteiger partial charge in [-0.2, -0.15) is 13.2 Å². The largest absolute Gasteiger partial charge is 0.419 e. The summed E-state index contributed by atoms with van der Waals surface area (Å²) in [5, 5.41) is 0.378. The van der Waals surface area contributed by atoms with Gasteiger partial charge in [0.15, 0.2) is 5.16 Å². The van der Waals surface area contributed by atoms with Crippen molar-refractivity contribution in [1.82, 2.24) is 14.5 Å². The van der Waals surface area contributed by atoms with E-state index in [9.17, 15) is 13.2 Å². The lowest BCUT2D eigenvalue weighted by Gasteiger charge is -2.10. The normalized spacial score (nSPS) is 11.8. The van der Waals surface area contributed by atoms with Crippen molar-refractivity contribution in [2.45, 2.75) is 16.4 Å². The maximum Gasteiger partial charge on any atom is 0.419 e. The summed E-state index contributed by atoms with van der Waals surface area (Å²) in [5.74, 6) is 0. The zero-order valence-corrected chi connectivity index (χ0v) is 9.59. The highest BCUT2D eigenvalue weighted by Crippen LogP contribution is 2.37. The van der Waals surface area contributed by atoms with E-state index in [0.717, 1.165) is 17.8 Å². The fraction of sp³-hybridized carbons (Fsp3) is 0.200. The Hall–Kier alpha value is -1.50. The molecular weight excluding hydrogens is 251 g/mol. The molecule has 7 heteroatoms. The molecule has 0 fully saturated rings. The smallest absolute Gasteiger partial charge is 0.329 e. The molecule has 0 bridgehead atoms. The standard InChI is InChI=1S/C10H8F3N3S/c1-16-6-5-15-9(16)17-8-7(10(11,12)13)3-2-4-14-8/h2-6H,1H3. The number of aryl methyl sites for hydroxylation is 1. The summed E-state index contributed by atoms with van der Waals surface area (Å²) >= 11 is 0.895. The quantitative estimate of drug-likeness (QED) is 0.830. The molecule has 90 valence electrons. The molecule has 2 aromatic heterocycles. The van der Waals surface area contributed by atoms with Crippen molar-refractivity contribution in [3.63, 3.8) is 0 Å². The lowest BCUT2D eigenvalue weighted by molar-refractivity contribution is -0.140. The summed E-state index contributed by atoms with van der Waals surface area (Å²) in [6, 6.07) is 2.28. The minimum atomic E-state index is -4.40. The van der Waals surface area contributed by atoms with Crippen molar-refractivity contribution >= 4 is 11.8 Å². The molecule has 2 heterocycles. The van der Waals surface area contributed by atoms with E-state index in [-0.39, 0.29) is 5.03 Å². The third kappa shape index (κ3) is 2.60. The number of imidazole rings is 1. The van der Waals surface area contributed by atoms with Crippen molar-refractivity contribution in [2.24, 2.45) is 7.05 Å². The zero-order valence-electron chi connectivity index (χ0n) is 8.77. The molecule has 17 heavy (non-hydrogen) atoms. The van der Waals surface area contributed by atoms with Crippen molar-refractivity contribution in [2.75, 3.05) is 0 Å². The van der Waals surface area contributed by atoms with E-state index in [2.05, 4.69) is 9.97 Å². The van der Waals surface area contributed by atoms with Crippen LogP contribution in [0.25, 0.3) is 0 Å². The first-order valence-electron chi connectivity index (χ1n) is 4.66. The van der Waals surface area contributed by atoms with Crippen LogP contribution in [-0.4, -0.2) is 14.5 Å². The second-order valence-corrected chi connectivity index (χ2v) is 4.23. The minimum Gasteiger partial charge on any atom is -0.329 e. The Balaban J connectivity index is 2.37. The lowest BCUT2D eigenvalue weighted by Crippen LogP contribution is -2.08. The summed E-state index contributed by atoms with van der Waals surface area (Å²) < 4.78 is 39.7. The lowest BCUT2D eigenvalue weighted by atomic mass is 10.3. The molecular formula is C10H8F3N3S. The molecule has 0 aliphatic heterocycles. The molecule has 0 spiro atoms. The minimum absolute atomic E-state index is 0.0886. The Morgan fingerprint density at radius 2 is 2.00 bits per heavy atom. The van der Waals surface area contributed by atoms with Crippen LogP contribution in [0.1, 0.15) is 5.56 Å². The van der Waals surface area contributed by atoms with Gasteiger partial charge in [-0.05, 0) is 23.9 Å². The Bertz CT molecular complexity index is 522. The molecule has 0 saturated heterocycles. The molecule has 0 aliphatic carbocycles. The molecule has 0 atom stereocenters. The van der Waals surface area contributed by atoms with Gasteiger partial charge in [0.2, 0.25) is 0 Å². The first kappa shape index (κ1) is 12.0. The molecule has 0 radical (unpaired) electrons.